The van der Waals surface area contributed by atoms with E-state index in [1.807, 2.05) is 0 Å². The van der Waals surface area contributed by atoms with E-state index < -0.39 is 0 Å². The van der Waals surface area contributed by atoms with Crippen molar-refractivity contribution in [2.75, 3.05) is 0 Å². The highest BCUT2D eigenvalue weighted by molar-refractivity contribution is 5.39. The Bertz CT molecular complexity index is 295. The second-order valence-electron chi connectivity index (χ2n) is 4.49. The minimum atomic E-state index is 0.611. The summed E-state index contributed by atoms with van der Waals surface area (Å²) >= 11 is 0. The zero-order valence-corrected chi connectivity index (χ0v) is 9.96. The molecule has 0 aromatic heterocycles. The number of hydrogen-bond acceptors (Lipinski definition) is 0. The first-order valence-electron chi connectivity index (χ1n) is 5.49. The summed E-state index contributed by atoms with van der Waals surface area (Å²) in [4.78, 5) is 0. The van der Waals surface area contributed by atoms with E-state index in [-0.39, 0.29) is 0 Å². The quantitative estimate of drug-likeness (QED) is 0.656. The second kappa shape index (κ2) is 4.63. The van der Waals surface area contributed by atoms with Gasteiger partial charge in [-0.1, -0.05) is 52.8 Å². The molecule has 0 heteroatoms. The Balaban J connectivity index is 3.14. The third-order valence-corrected chi connectivity index (χ3v) is 2.71. The van der Waals surface area contributed by atoms with Crippen LogP contribution in [0.25, 0.3) is 0 Å². The summed E-state index contributed by atoms with van der Waals surface area (Å²) in [6, 6.07) is 6.83. The van der Waals surface area contributed by atoms with E-state index in [4.69, 9.17) is 0 Å². The first kappa shape index (κ1) is 11.3. The predicted molar refractivity (Wildman–Crippen MR) is 63.7 cm³/mol. The van der Waals surface area contributed by atoms with Crippen molar-refractivity contribution >= 4 is 0 Å². The van der Waals surface area contributed by atoms with Gasteiger partial charge in [0.25, 0.3) is 0 Å². The normalized spacial score (nSPS) is 11.4. The van der Waals surface area contributed by atoms with Crippen LogP contribution in [-0.4, -0.2) is 0 Å². The van der Waals surface area contributed by atoms with Crippen molar-refractivity contribution in [1.29, 1.82) is 0 Å². The molecule has 0 saturated heterocycles. The summed E-state index contributed by atoms with van der Waals surface area (Å²) in [5.41, 5.74) is 4.29. The van der Waals surface area contributed by atoms with Gasteiger partial charge in [0.15, 0.2) is 0 Å². The van der Waals surface area contributed by atoms with E-state index in [0.29, 0.717) is 11.8 Å². The van der Waals surface area contributed by atoms with Gasteiger partial charge in [0.05, 0.1) is 0 Å². The van der Waals surface area contributed by atoms with Gasteiger partial charge in [0, 0.05) is 0 Å². The largest absolute Gasteiger partial charge is 0.0587 e. The maximum Gasteiger partial charge on any atom is -0.0121 e. The van der Waals surface area contributed by atoms with Gasteiger partial charge in [0.2, 0.25) is 0 Å². The van der Waals surface area contributed by atoms with Gasteiger partial charge in [-0.05, 0) is 34.9 Å². The molecule has 1 aromatic carbocycles. The third kappa shape index (κ3) is 2.37. The molecule has 1 aromatic rings. The summed E-state index contributed by atoms with van der Waals surface area (Å²) in [7, 11) is 0. The first-order valence-corrected chi connectivity index (χ1v) is 5.49. The van der Waals surface area contributed by atoms with E-state index >= 15 is 0 Å². The Kier molecular flexibility index (Phi) is 3.74. The molecule has 0 aliphatic heterocycles. The van der Waals surface area contributed by atoms with Crippen LogP contribution in [0.5, 0.6) is 0 Å². The van der Waals surface area contributed by atoms with E-state index in [2.05, 4.69) is 59.2 Å². The minimum Gasteiger partial charge on any atom is -0.0587 e. The molecule has 1 rings (SSSR count). The Morgan fingerprint density at radius 2 is 1.64 bits per heavy atom. The van der Waals surface area contributed by atoms with Gasteiger partial charge in [-0.3, -0.25) is 0 Å². The van der Waals surface area contributed by atoms with E-state index in [1.54, 1.807) is 0 Å². The predicted octanol–water partition coefficient (Wildman–Crippen LogP) is 4.51. The van der Waals surface area contributed by atoms with Crippen molar-refractivity contribution in [2.45, 2.75) is 46.5 Å². The van der Waals surface area contributed by atoms with Crippen molar-refractivity contribution in [1.82, 2.24) is 0 Å². The molecular weight excluding hydrogens is 168 g/mol. The summed E-state index contributed by atoms with van der Waals surface area (Å²) in [6.45, 7) is 11.1. The Morgan fingerprint density at radius 3 is 2.07 bits per heavy atom. The minimum absolute atomic E-state index is 0.611. The zero-order valence-electron chi connectivity index (χ0n) is 9.96. The van der Waals surface area contributed by atoms with Crippen molar-refractivity contribution in [3.63, 3.8) is 0 Å². The monoisotopic (exact) mass is 189 g/mol. The molecule has 0 aliphatic carbocycles. The second-order valence-corrected chi connectivity index (χ2v) is 4.49. The maximum atomic E-state index is 2.35. The van der Waals surface area contributed by atoms with Crippen LogP contribution in [0.4, 0.5) is 0 Å². The molecule has 0 atom stereocenters. The van der Waals surface area contributed by atoms with Crippen molar-refractivity contribution in [3.05, 3.63) is 41.3 Å². The van der Waals surface area contributed by atoms with Crippen LogP contribution >= 0.6 is 0 Å². The van der Waals surface area contributed by atoms with E-state index in [9.17, 15) is 0 Å². The molecule has 0 heterocycles. The molecule has 0 amide bonds. The summed E-state index contributed by atoms with van der Waals surface area (Å²) < 4.78 is 0. The Labute approximate surface area is 88.4 Å². The smallest absolute Gasteiger partial charge is 0.0121 e. The fourth-order valence-corrected chi connectivity index (χ4v) is 1.72. The lowest BCUT2D eigenvalue weighted by molar-refractivity contribution is 0.828. The van der Waals surface area contributed by atoms with Crippen LogP contribution in [0.2, 0.25) is 0 Å². The lowest BCUT2D eigenvalue weighted by atomic mass is 9.91. The number of hydrogen-bond donors (Lipinski definition) is 0. The lowest BCUT2D eigenvalue weighted by Crippen LogP contribution is -1.97. The molecule has 0 nitrogen and oxygen atoms in total. The first-order chi connectivity index (χ1) is 6.56. The number of rotatable bonds is 3. The van der Waals surface area contributed by atoms with E-state index in [1.165, 1.54) is 16.7 Å². The molecular formula is C14H21. The summed E-state index contributed by atoms with van der Waals surface area (Å²) in [6.07, 6.45) is 2.19. The van der Waals surface area contributed by atoms with Crippen LogP contribution in [-0.2, 0) is 0 Å². The zero-order chi connectivity index (χ0) is 10.7. The summed E-state index contributed by atoms with van der Waals surface area (Å²) in [5, 5.41) is 0. The highest BCUT2D eigenvalue weighted by Crippen LogP contribution is 2.25. The Hall–Kier alpha value is -0.780. The van der Waals surface area contributed by atoms with Gasteiger partial charge in [-0.2, -0.15) is 0 Å². The molecule has 0 aliphatic rings. The average Bonchev–Trinajstić information content (AvgIpc) is 2.16. The van der Waals surface area contributed by atoms with Crippen LogP contribution in [0.3, 0.4) is 0 Å². The van der Waals surface area contributed by atoms with Crippen molar-refractivity contribution in [2.24, 2.45) is 0 Å². The van der Waals surface area contributed by atoms with Crippen LogP contribution in [0.15, 0.2) is 18.2 Å². The van der Waals surface area contributed by atoms with Gasteiger partial charge >= 0.3 is 0 Å². The summed E-state index contributed by atoms with van der Waals surface area (Å²) in [5.74, 6) is 1.23. The van der Waals surface area contributed by atoms with Gasteiger partial charge in [-0.25, -0.2) is 0 Å². The topological polar surface area (TPSA) is 0 Å². The van der Waals surface area contributed by atoms with Gasteiger partial charge in [0.1, 0.15) is 0 Å². The molecule has 0 N–H and O–H groups in total. The van der Waals surface area contributed by atoms with E-state index in [0.717, 1.165) is 0 Å². The maximum absolute atomic E-state index is 2.35. The average molecular weight is 189 g/mol. The standard InChI is InChI=1S/C14H21/c1-6-12-7-8-13(10(2)3)9-14(12)11(4)5/h6-11H,1-5H3. The highest BCUT2D eigenvalue weighted by atomic mass is 14.1. The fourth-order valence-electron chi connectivity index (χ4n) is 1.72. The SMILES string of the molecule is C[CH]c1ccc(C(C)C)cc1C(C)C. The molecule has 0 bridgehead atoms. The van der Waals surface area contributed by atoms with Gasteiger partial charge in [-0.15, -0.1) is 0 Å². The third-order valence-electron chi connectivity index (χ3n) is 2.71. The number of benzene rings is 1. The molecule has 0 fully saturated rings. The van der Waals surface area contributed by atoms with Gasteiger partial charge < -0.3 is 0 Å². The molecule has 14 heavy (non-hydrogen) atoms. The van der Waals surface area contributed by atoms with Crippen molar-refractivity contribution in [3.8, 4) is 0 Å². The van der Waals surface area contributed by atoms with Crippen LogP contribution in [0.1, 0.15) is 63.1 Å². The molecule has 1 radical (unpaired) electrons. The molecule has 0 spiro atoms. The Morgan fingerprint density at radius 1 is 1.00 bits per heavy atom. The van der Waals surface area contributed by atoms with Crippen molar-refractivity contribution < 1.29 is 0 Å². The fraction of sp³-hybridized carbons (Fsp3) is 0.500. The van der Waals surface area contributed by atoms with Crippen LogP contribution < -0.4 is 0 Å². The lowest BCUT2D eigenvalue weighted by Gasteiger charge is -2.15. The molecule has 77 valence electrons. The highest BCUT2D eigenvalue weighted by Gasteiger charge is 2.07. The molecule has 0 saturated carbocycles. The molecule has 0 unspecified atom stereocenters. The van der Waals surface area contributed by atoms with Crippen LogP contribution in [0, 0.1) is 6.42 Å².